The highest BCUT2D eigenvalue weighted by Crippen LogP contribution is 2.16. The lowest BCUT2D eigenvalue weighted by Crippen LogP contribution is -2.30. The van der Waals surface area contributed by atoms with Crippen molar-refractivity contribution < 1.29 is 28.6 Å². The average molecular weight is 911 g/mol. The zero-order chi connectivity index (χ0) is 47.2. The first kappa shape index (κ1) is 62.4. The van der Waals surface area contributed by atoms with E-state index in [9.17, 15) is 14.4 Å². The number of ether oxygens (including phenoxy) is 3. The van der Waals surface area contributed by atoms with E-state index in [2.05, 4.69) is 69.4 Å². The van der Waals surface area contributed by atoms with Crippen molar-refractivity contribution in [3.05, 3.63) is 48.6 Å². The lowest BCUT2D eigenvalue weighted by Gasteiger charge is -2.18. The molecular formula is C59H106O6. The molecule has 0 aliphatic rings. The van der Waals surface area contributed by atoms with Gasteiger partial charge in [-0.2, -0.15) is 0 Å². The van der Waals surface area contributed by atoms with Gasteiger partial charge in [0.1, 0.15) is 13.2 Å². The van der Waals surface area contributed by atoms with Crippen LogP contribution in [0.2, 0.25) is 0 Å². The summed E-state index contributed by atoms with van der Waals surface area (Å²) in [6.07, 6.45) is 65.3. The molecule has 0 aromatic rings. The number of hydrogen-bond acceptors (Lipinski definition) is 6. The average Bonchev–Trinajstić information content (AvgIpc) is 3.30. The van der Waals surface area contributed by atoms with Crippen LogP contribution in [0.4, 0.5) is 0 Å². The molecule has 0 bridgehead atoms. The Hall–Kier alpha value is -2.63. The highest BCUT2D eigenvalue weighted by atomic mass is 16.6. The number of carbonyl (C=O) groups excluding carboxylic acids is 3. The second kappa shape index (κ2) is 54.0. The second-order valence-electron chi connectivity index (χ2n) is 18.8. The summed E-state index contributed by atoms with van der Waals surface area (Å²) in [4.78, 5) is 38.1. The Balaban J connectivity index is 4.35. The second-order valence-corrected chi connectivity index (χ2v) is 18.8. The number of unbranched alkanes of at least 4 members (excludes halogenated alkanes) is 32. The Labute approximate surface area is 403 Å². The van der Waals surface area contributed by atoms with Gasteiger partial charge in [-0.1, -0.05) is 249 Å². The molecule has 0 amide bonds. The Bertz CT molecular complexity index is 1140. The van der Waals surface area contributed by atoms with Gasteiger partial charge in [-0.25, -0.2) is 0 Å². The van der Waals surface area contributed by atoms with E-state index in [-0.39, 0.29) is 31.1 Å². The van der Waals surface area contributed by atoms with E-state index < -0.39 is 6.10 Å². The van der Waals surface area contributed by atoms with Crippen LogP contribution in [0.5, 0.6) is 0 Å². The molecule has 0 heterocycles. The molecule has 1 atom stereocenters. The van der Waals surface area contributed by atoms with E-state index in [1.54, 1.807) is 0 Å². The SMILES string of the molecule is CCCC/C=C\C/C=C\CCCCCCCC(=O)OCC(COC(=O)CCCCCCCCCCCCCCCCCCCCC)OC(=O)CCCCCCC/C=C\C/C=C\CCCC. The fourth-order valence-corrected chi connectivity index (χ4v) is 8.01. The molecule has 6 nitrogen and oxygen atoms in total. The minimum Gasteiger partial charge on any atom is -0.462 e. The molecule has 1 unspecified atom stereocenters. The minimum absolute atomic E-state index is 0.0807. The van der Waals surface area contributed by atoms with E-state index in [1.165, 1.54) is 148 Å². The van der Waals surface area contributed by atoms with Crippen molar-refractivity contribution in [1.29, 1.82) is 0 Å². The minimum atomic E-state index is -0.784. The monoisotopic (exact) mass is 911 g/mol. The molecule has 0 aromatic carbocycles. The third-order valence-electron chi connectivity index (χ3n) is 12.3. The number of esters is 3. The van der Waals surface area contributed by atoms with Crippen molar-refractivity contribution in [3.8, 4) is 0 Å². The Morgan fingerprint density at radius 3 is 0.892 bits per heavy atom. The highest BCUT2D eigenvalue weighted by Gasteiger charge is 2.19. The molecule has 0 radical (unpaired) electrons. The maximum absolute atomic E-state index is 12.8. The number of allylic oxidation sites excluding steroid dienone is 8. The van der Waals surface area contributed by atoms with Gasteiger partial charge in [-0.3, -0.25) is 14.4 Å². The first-order chi connectivity index (χ1) is 32.0. The molecule has 0 saturated carbocycles. The molecule has 65 heavy (non-hydrogen) atoms. The Morgan fingerprint density at radius 2 is 0.569 bits per heavy atom. The Morgan fingerprint density at radius 1 is 0.308 bits per heavy atom. The summed E-state index contributed by atoms with van der Waals surface area (Å²) in [7, 11) is 0. The molecule has 0 rings (SSSR count). The molecule has 378 valence electrons. The first-order valence-electron chi connectivity index (χ1n) is 28.1. The van der Waals surface area contributed by atoms with E-state index in [1.807, 2.05) is 0 Å². The van der Waals surface area contributed by atoms with Crippen LogP contribution in [-0.4, -0.2) is 37.2 Å². The molecule has 0 saturated heterocycles. The molecule has 0 N–H and O–H groups in total. The van der Waals surface area contributed by atoms with Crippen LogP contribution >= 0.6 is 0 Å². The van der Waals surface area contributed by atoms with Gasteiger partial charge in [0.2, 0.25) is 0 Å². The summed E-state index contributed by atoms with van der Waals surface area (Å²) in [5.74, 6) is -0.897. The molecule has 0 aromatic heterocycles. The van der Waals surface area contributed by atoms with Gasteiger partial charge in [-0.05, 0) is 70.6 Å². The quantitative estimate of drug-likeness (QED) is 0.0262. The number of rotatable bonds is 51. The topological polar surface area (TPSA) is 78.9 Å². The van der Waals surface area contributed by atoms with E-state index in [0.29, 0.717) is 19.3 Å². The third kappa shape index (κ3) is 52.2. The maximum atomic E-state index is 12.8. The standard InChI is InChI=1S/C59H106O6/c1-4-7-10-13-16-19-22-25-28-29-30-31-32-35-37-40-43-46-49-52-58(61)64-55-56(65-59(62)53-50-47-44-41-38-34-27-24-21-18-15-12-9-6-3)54-63-57(60)51-48-45-42-39-36-33-26-23-20-17-14-11-8-5-2/h14-15,17-18,23-24,26-27,56H,4-13,16,19-22,25,28-55H2,1-3H3/b17-14-,18-15-,26-23-,27-24-. The van der Waals surface area contributed by atoms with Gasteiger partial charge >= 0.3 is 17.9 Å². The maximum Gasteiger partial charge on any atom is 0.306 e. The highest BCUT2D eigenvalue weighted by molar-refractivity contribution is 5.71. The van der Waals surface area contributed by atoms with Crippen LogP contribution < -0.4 is 0 Å². The van der Waals surface area contributed by atoms with E-state index in [4.69, 9.17) is 14.2 Å². The molecule has 6 heteroatoms. The molecule has 0 aliphatic heterocycles. The van der Waals surface area contributed by atoms with Crippen molar-refractivity contribution in [1.82, 2.24) is 0 Å². The largest absolute Gasteiger partial charge is 0.462 e. The van der Waals surface area contributed by atoms with Crippen LogP contribution in [0.3, 0.4) is 0 Å². The van der Waals surface area contributed by atoms with Crippen molar-refractivity contribution in [2.45, 2.75) is 297 Å². The summed E-state index contributed by atoms with van der Waals surface area (Å²) in [5, 5.41) is 0. The van der Waals surface area contributed by atoms with Crippen LogP contribution in [0.15, 0.2) is 48.6 Å². The van der Waals surface area contributed by atoms with Crippen molar-refractivity contribution in [2.75, 3.05) is 13.2 Å². The van der Waals surface area contributed by atoms with Crippen LogP contribution in [0.1, 0.15) is 290 Å². The van der Waals surface area contributed by atoms with Crippen molar-refractivity contribution in [3.63, 3.8) is 0 Å². The molecule has 0 spiro atoms. The molecule has 0 fully saturated rings. The van der Waals surface area contributed by atoms with Crippen molar-refractivity contribution in [2.24, 2.45) is 0 Å². The zero-order valence-electron chi connectivity index (χ0n) is 43.3. The van der Waals surface area contributed by atoms with Gasteiger partial charge in [0.05, 0.1) is 0 Å². The summed E-state index contributed by atoms with van der Waals surface area (Å²) >= 11 is 0. The van der Waals surface area contributed by atoms with Crippen molar-refractivity contribution >= 4 is 17.9 Å². The zero-order valence-corrected chi connectivity index (χ0v) is 43.3. The fourth-order valence-electron chi connectivity index (χ4n) is 8.01. The normalized spacial score (nSPS) is 12.4. The smallest absolute Gasteiger partial charge is 0.306 e. The lowest BCUT2D eigenvalue weighted by molar-refractivity contribution is -0.167. The van der Waals surface area contributed by atoms with Crippen LogP contribution in [0, 0.1) is 0 Å². The van der Waals surface area contributed by atoms with Gasteiger partial charge in [0.25, 0.3) is 0 Å². The van der Waals surface area contributed by atoms with Crippen LogP contribution in [0.25, 0.3) is 0 Å². The van der Waals surface area contributed by atoms with Gasteiger partial charge in [0.15, 0.2) is 6.10 Å². The summed E-state index contributed by atoms with van der Waals surface area (Å²) in [6.45, 7) is 6.57. The van der Waals surface area contributed by atoms with Gasteiger partial charge in [0, 0.05) is 19.3 Å². The van der Waals surface area contributed by atoms with Crippen LogP contribution in [-0.2, 0) is 28.6 Å². The Kier molecular flexibility index (Phi) is 51.8. The molecular weight excluding hydrogens is 805 g/mol. The van der Waals surface area contributed by atoms with Gasteiger partial charge in [-0.15, -0.1) is 0 Å². The predicted molar refractivity (Wildman–Crippen MR) is 279 cm³/mol. The third-order valence-corrected chi connectivity index (χ3v) is 12.3. The predicted octanol–water partition coefficient (Wildman–Crippen LogP) is 18.7. The summed E-state index contributed by atoms with van der Waals surface area (Å²) in [5.41, 5.74) is 0. The number of carbonyl (C=O) groups is 3. The number of hydrogen-bond donors (Lipinski definition) is 0. The lowest BCUT2D eigenvalue weighted by atomic mass is 10.0. The fraction of sp³-hybridized carbons (Fsp3) is 0.814. The summed E-state index contributed by atoms with van der Waals surface area (Å²) < 4.78 is 16.8. The first-order valence-corrected chi connectivity index (χ1v) is 28.1. The summed E-state index contributed by atoms with van der Waals surface area (Å²) in [6, 6.07) is 0. The van der Waals surface area contributed by atoms with Gasteiger partial charge < -0.3 is 14.2 Å². The van der Waals surface area contributed by atoms with E-state index >= 15 is 0 Å². The van der Waals surface area contributed by atoms with E-state index in [0.717, 1.165) is 103 Å². The molecule has 0 aliphatic carbocycles.